The standard InChI is InChI=1S/C18H25FN2/c1-14(2)9-10-21(17-5-3-4-6-17)13-16-11-15(12-20)7-8-18(16)19/h7-8,11,14,17H,3-6,9-10,13H2,1-2H3. The summed E-state index contributed by atoms with van der Waals surface area (Å²) in [5, 5.41) is 8.99. The van der Waals surface area contributed by atoms with Crippen LogP contribution in [-0.2, 0) is 6.54 Å². The van der Waals surface area contributed by atoms with Gasteiger partial charge in [0, 0.05) is 18.2 Å². The summed E-state index contributed by atoms with van der Waals surface area (Å²) in [6.45, 7) is 6.09. The molecule has 1 fully saturated rings. The van der Waals surface area contributed by atoms with Gasteiger partial charge in [-0.25, -0.2) is 4.39 Å². The second kappa shape index (κ2) is 7.56. The van der Waals surface area contributed by atoms with E-state index >= 15 is 0 Å². The van der Waals surface area contributed by atoms with Gasteiger partial charge in [-0.3, -0.25) is 4.90 Å². The Kier molecular flexibility index (Phi) is 5.76. The summed E-state index contributed by atoms with van der Waals surface area (Å²) in [5.41, 5.74) is 1.20. The molecule has 0 aliphatic heterocycles. The Morgan fingerprint density at radius 2 is 2.05 bits per heavy atom. The first-order valence-electron chi connectivity index (χ1n) is 8.02. The van der Waals surface area contributed by atoms with Crippen molar-refractivity contribution in [1.82, 2.24) is 4.90 Å². The van der Waals surface area contributed by atoms with Crippen LogP contribution in [0.3, 0.4) is 0 Å². The molecule has 0 spiro atoms. The van der Waals surface area contributed by atoms with Crippen LogP contribution in [0.1, 0.15) is 57.1 Å². The molecule has 1 aliphatic rings. The average molecular weight is 288 g/mol. The molecule has 0 radical (unpaired) electrons. The Labute approximate surface area is 127 Å². The van der Waals surface area contributed by atoms with Gasteiger partial charge >= 0.3 is 0 Å². The molecular formula is C18H25FN2. The van der Waals surface area contributed by atoms with Crippen molar-refractivity contribution in [2.75, 3.05) is 6.54 Å². The molecule has 21 heavy (non-hydrogen) atoms. The largest absolute Gasteiger partial charge is 0.296 e. The maximum atomic E-state index is 14.0. The highest BCUT2D eigenvalue weighted by Gasteiger charge is 2.23. The number of rotatable bonds is 6. The summed E-state index contributed by atoms with van der Waals surface area (Å²) in [6, 6.07) is 7.35. The highest BCUT2D eigenvalue weighted by atomic mass is 19.1. The third-order valence-electron chi connectivity index (χ3n) is 4.38. The molecule has 0 N–H and O–H groups in total. The summed E-state index contributed by atoms with van der Waals surface area (Å²) in [6.07, 6.45) is 6.14. The fourth-order valence-corrected chi connectivity index (χ4v) is 3.07. The van der Waals surface area contributed by atoms with E-state index in [0.717, 1.165) is 13.0 Å². The monoisotopic (exact) mass is 288 g/mol. The van der Waals surface area contributed by atoms with E-state index in [1.807, 2.05) is 0 Å². The van der Waals surface area contributed by atoms with Gasteiger partial charge in [0.2, 0.25) is 0 Å². The van der Waals surface area contributed by atoms with Gasteiger partial charge in [0.15, 0.2) is 0 Å². The van der Waals surface area contributed by atoms with Crippen LogP contribution in [0.25, 0.3) is 0 Å². The van der Waals surface area contributed by atoms with Gasteiger partial charge < -0.3 is 0 Å². The second-order valence-corrected chi connectivity index (χ2v) is 6.51. The van der Waals surface area contributed by atoms with Crippen molar-refractivity contribution in [2.24, 2.45) is 5.92 Å². The van der Waals surface area contributed by atoms with E-state index in [1.54, 1.807) is 12.1 Å². The van der Waals surface area contributed by atoms with Gasteiger partial charge in [-0.1, -0.05) is 26.7 Å². The van der Waals surface area contributed by atoms with Crippen molar-refractivity contribution >= 4 is 0 Å². The molecular weight excluding hydrogens is 263 g/mol. The quantitative estimate of drug-likeness (QED) is 0.771. The van der Waals surface area contributed by atoms with E-state index in [2.05, 4.69) is 24.8 Å². The lowest BCUT2D eigenvalue weighted by molar-refractivity contribution is 0.177. The first kappa shape index (κ1) is 16.0. The highest BCUT2D eigenvalue weighted by molar-refractivity contribution is 5.33. The SMILES string of the molecule is CC(C)CCN(Cc1cc(C#N)ccc1F)C1CCCC1. The zero-order valence-corrected chi connectivity index (χ0v) is 13.1. The molecule has 0 saturated heterocycles. The van der Waals surface area contributed by atoms with Crippen molar-refractivity contribution in [1.29, 1.82) is 5.26 Å². The summed E-state index contributed by atoms with van der Waals surface area (Å²) >= 11 is 0. The Morgan fingerprint density at radius 1 is 1.33 bits per heavy atom. The molecule has 2 nitrogen and oxygen atoms in total. The average Bonchev–Trinajstić information content (AvgIpc) is 2.99. The predicted molar refractivity (Wildman–Crippen MR) is 83.2 cm³/mol. The van der Waals surface area contributed by atoms with E-state index < -0.39 is 0 Å². The predicted octanol–water partition coefficient (Wildman–Crippen LogP) is 4.49. The molecule has 2 rings (SSSR count). The van der Waals surface area contributed by atoms with E-state index in [-0.39, 0.29) is 5.82 Å². The lowest BCUT2D eigenvalue weighted by atomic mass is 10.1. The summed E-state index contributed by atoms with van der Waals surface area (Å²) < 4.78 is 14.0. The van der Waals surface area contributed by atoms with Gasteiger partial charge in [0.05, 0.1) is 11.6 Å². The number of hydrogen-bond donors (Lipinski definition) is 0. The van der Waals surface area contributed by atoms with Gasteiger partial charge in [-0.2, -0.15) is 5.26 Å². The molecule has 1 aromatic carbocycles. The van der Waals surface area contributed by atoms with Crippen LogP contribution in [0.5, 0.6) is 0 Å². The van der Waals surface area contributed by atoms with Crippen molar-refractivity contribution in [3.63, 3.8) is 0 Å². The molecule has 1 aliphatic carbocycles. The maximum Gasteiger partial charge on any atom is 0.127 e. The smallest absolute Gasteiger partial charge is 0.127 e. The summed E-state index contributed by atoms with van der Waals surface area (Å²) in [5.74, 6) is 0.464. The molecule has 0 heterocycles. The van der Waals surface area contributed by atoms with Crippen LogP contribution in [-0.4, -0.2) is 17.5 Å². The lowest BCUT2D eigenvalue weighted by Crippen LogP contribution is -2.34. The highest BCUT2D eigenvalue weighted by Crippen LogP contribution is 2.26. The Balaban J connectivity index is 2.11. The molecule has 1 aromatic rings. The summed E-state index contributed by atoms with van der Waals surface area (Å²) in [4.78, 5) is 2.42. The minimum Gasteiger partial charge on any atom is -0.296 e. The Morgan fingerprint density at radius 3 is 2.67 bits per heavy atom. The number of nitriles is 1. The van der Waals surface area contributed by atoms with E-state index in [9.17, 15) is 4.39 Å². The van der Waals surface area contributed by atoms with Crippen LogP contribution < -0.4 is 0 Å². The summed E-state index contributed by atoms with van der Waals surface area (Å²) in [7, 11) is 0. The minimum atomic E-state index is -0.193. The van der Waals surface area contributed by atoms with Gasteiger partial charge in [0.1, 0.15) is 5.82 Å². The van der Waals surface area contributed by atoms with E-state index in [0.29, 0.717) is 29.6 Å². The van der Waals surface area contributed by atoms with E-state index in [4.69, 9.17) is 5.26 Å². The molecule has 114 valence electrons. The molecule has 0 atom stereocenters. The van der Waals surface area contributed by atoms with Crippen molar-refractivity contribution in [2.45, 2.75) is 58.5 Å². The number of benzene rings is 1. The Hall–Kier alpha value is -1.40. The van der Waals surface area contributed by atoms with Crippen LogP contribution in [0.15, 0.2) is 18.2 Å². The van der Waals surface area contributed by atoms with Crippen LogP contribution >= 0.6 is 0 Å². The molecule has 0 aromatic heterocycles. The molecule has 0 amide bonds. The van der Waals surface area contributed by atoms with Crippen molar-refractivity contribution < 1.29 is 4.39 Å². The Bertz CT molecular complexity index is 498. The number of halogens is 1. The lowest BCUT2D eigenvalue weighted by Gasteiger charge is -2.29. The maximum absolute atomic E-state index is 14.0. The normalized spacial score (nSPS) is 15.8. The molecule has 3 heteroatoms. The van der Waals surface area contributed by atoms with E-state index in [1.165, 1.54) is 31.7 Å². The number of nitrogens with zero attached hydrogens (tertiary/aromatic N) is 2. The van der Waals surface area contributed by atoms with Crippen LogP contribution in [0.2, 0.25) is 0 Å². The van der Waals surface area contributed by atoms with Gasteiger partial charge in [-0.05, 0) is 49.9 Å². The van der Waals surface area contributed by atoms with Crippen molar-refractivity contribution in [3.8, 4) is 6.07 Å². The first-order chi connectivity index (χ1) is 10.1. The zero-order valence-electron chi connectivity index (χ0n) is 13.1. The fraction of sp³-hybridized carbons (Fsp3) is 0.611. The molecule has 0 bridgehead atoms. The van der Waals surface area contributed by atoms with Crippen LogP contribution in [0.4, 0.5) is 4.39 Å². The minimum absolute atomic E-state index is 0.193. The topological polar surface area (TPSA) is 27.0 Å². The number of hydrogen-bond acceptors (Lipinski definition) is 2. The molecule has 0 unspecified atom stereocenters. The second-order valence-electron chi connectivity index (χ2n) is 6.51. The van der Waals surface area contributed by atoms with Gasteiger partial charge in [0.25, 0.3) is 0 Å². The van der Waals surface area contributed by atoms with Crippen LogP contribution in [0, 0.1) is 23.1 Å². The third kappa shape index (κ3) is 4.54. The van der Waals surface area contributed by atoms with Gasteiger partial charge in [-0.15, -0.1) is 0 Å². The first-order valence-corrected chi connectivity index (χ1v) is 8.02. The molecule has 1 saturated carbocycles. The zero-order chi connectivity index (χ0) is 15.2. The van der Waals surface area contributed by atoms with Crippen molar-refractivity contribution in [3.05, 3.63) is 35.1 Å². The third-order valence-corrected chi connectivity index (χ3v) is 4.38. The fourth-order valence-electron chi connectivity index (χ4n) is 3.07.